The van der Waals surface area contributed by atoms with E-state index in [9.17, 15) is 0 Å². The van der Waals surface area contributed by atoms with Crippen molar-refractivity contribution in [2.45, 2.75) is 57.3 Å². The number of nitrogens with one attached hydrogen (secondary N) is 1. The Balaban J connectivity index is 1.47. The summed E-state index contributed by atoms with van der Waals surface area (Å²) in [4.78, 5) is 2.50. The van der Waals surface area contributed by atoms with Gasteiger partial charge in [0.05, 0.1) is 5.69 Å². The fourth-order valence-electron chi connectivity index (χ4n) is 5.01. The largest absolute Gasteiger partial charge is 0.467 e. The number of hydrogen-bond acceptors (Lipinski definition) is 7. The SMILES string of the molecule is COCOc1ccccc1-c1cc2cc(N3CC4CCC(C3)N4)n(COCC[Si](C)(C)C)c2nn1. The molecule has 0 amide bonds. The summed E-state index contributed by atoms with van der Waals surface area (Å²) < 4.78 is 19.3. The predicted molar refractivity (Wildman–Crippen MR) is 142 cm³/mol. The highest BCUT2D eigenvalue weighted by Gasteiger charge is 2.33. The van der Waals surface area contributed by atoms with Gasteiger partial charge in [0.2, 0.25) is 0 Å². The molecule has 2 aromatic heterocycles. The standard InChI is InChI=1S/C26H37N5O3Si/c1-32-18-34-24-8-6-5-7-22(24)23-13-19-14-25(30-15-20-9-10-21(16-30)27-20)31(26(19)29-28-23)17-33-11-12-35(2,3)4/h5-8,13-14,20-21,27H,9-12,15-18H2,1-4H3. The maximum absolute atomic E-state index is 6.19. The minimum Gasteiger partial charge on any atom is -0.467 e. The lowest BCUT2D eigenvalue weighted by Crippen LogP contribution is -2.51. The molecule has 1 aromatic carbocycles. The zero-order valence-electron chi connectivity index (χ0n) is 21.3. The van der Waals surface area contributed by atoms with Gasteiger partial charge >= 0.3 is 0 Å². The highest BCUT2D eigenvalue weighted by Crippen LogP contribution is 2.34. The third-order valence-corrected chi connectivity index (χ3v) is 8.58. The second-order valence-corrected chi connectivity index (χ2v) is 16.5. The van der Waals surface area contributed by atoms with Crippen molar-refractivity contribution in [2.75, 3.05) is 38.5 Å². The van der Waals surface area contributed by atoms with Crippen LogP contribution >= 0.6 is 0 Å². The summed E-state index contributed by atoms with van der Waals surface area (Å²) in [5.74, 6) is 1.90. The lowest BCUT2D eigenvalue weighted by molar-refractivity contribution is 0.0515. The number of ether oxygens (including phenoxy) is 3. The molecule has 2 fully saturated rings. The highest BCUT2D eigenvalue weighted by molar-refractivity contribution is 6.76. The molecule has 2 saturated heterocycles. The minimum absolute atomic E-state index is 0.188. The van der Waals surface area contributed by atoms with Crippen molar-refractivity contribution < 1.29 is 14.2 Å². The first-order valence-electron chi connectivity index (χ1n) is 12.6. The first kappa shape index (κ1) is 24.2. The Morgan fingerprint density at radius 1 is 1.06 bits per heavy atom. The van der Waals surface area contributed by atoms with Crippen LogP contribution in [-0.4, -0.2) is 68.5 Å². The van der Waals surface area contributed by atoms with Crippen LogP contribution in [0, 0.1) is 0 Å². The molecule has 9 heteroatoms. The maximum Gasteiger partial charge on any atom is 0.188 e. The zero-order chi connectivity index (χ0) is 24.4. The molecular weight excluding hydrogens is 458 g/mol. The number of benzene rings is 1. The molecule has 4 heterocycles. The average Bonchev–Trinajstić information content (AvgIpc) is 3.38. The van der Waals surface area contributed by atoms with E-state index in [4.69, 9.17) is 14.2 Å². The Kier molecular flexibility index (Phi) is 7.11. The van der Waals surface area contributed by atoms with Crippen LogP contribution in [0.1, 0.15) is 12.8 Å². The van der Waals surface area contributed by atoms with Crippen LogP contribution in [0.25, 0.3) is 22.3 Å². The highest BCUT2D eigenvalue weighted by atomic mass is 28.3. The molecule has 1 N–H and O–H groups in total. The van der Waals surface area contributed by atoms with E-state index in [0.717, 1.165) is 53.8 Å². The Morgan fingerprint density at radius 2 is 1.83 bits per heavy atom. The molecule has 2 bridgehead atoms. The van der Waals surface area contributed by atoms with Crippen LogP contribution in [-0.2, 0) is 16.2 Å². The molecule has 8 nitrogen and oxygen atoms in total. The Bertz CT molecular complexity index is 1150. The Labute approximate surface area is 208 Å². The van der Waals surface area contributed by atoms with E-state index >= 15 is 0 Å². The van der Waals surface area contributed by atoms with Gasteiger partial charge < -0.3 is 24.4 Å². The summed E-state index contributed by atoms with van der Waals surface area (Å²) in [6.45, 7) is 10.6. The molecule has 188 valence electrons. The Morgan fingerprint density at radius 3 is 2.57 bits per heavy atom. The van der Waals surface area contributed by atoms with Gasteiger partial charge in [-0.25, -0.2) is 0 Å². The third-order valence-electron chi connectivity index (χ3n) is 6.87. The van der Waals surface area contributed by atoms with Gasteiger partial charge in [-0.2, -0.15) is 0 Å². The number of methoxy groups -OCH3 is 1. The fraction of sp³-hybridized carbons (Fsp3) is 0.538. The molecule has 2 aliphatic rings. The lowest BCUT2D eigenvalue weighted by Gasteiger charge is -2.34. The number of rotatable bonds is 10. The van der Waals surface area contributed by atoms with E-state index in [1.165, 1.54) is 18.7 Å². The van der Waals surface area contributed by atoms with Gasteiger partial charge in [0.25, 0.3) is 0 Å². The summed E-state index contributed by atoms with van der Waals surface area (Å²) in [5.41, 5.74) is 2.55. The number of para-hydroxylation sites is 1. The molecule has 2 aliphatic heterocycles. The maximum atomic E-state index is 6.19. The van der Waals surface area contributed by atoms with E-state index in [1.807, 2.05) is 24.3 Å². The number of hydrogen-bond donors (Lipinski definition) is 1. The van der Waals surface area contributed by atoms with E-state index in [0.29, 0.717) is 18.8 Å². The topological polar surface area (TPSA) is 73.7 Å². The van der Waals surface area contributed by atoms with E-state index in [2.05, 4.69) is 56.8 Å². The molecular formula is C26H37N5O3Si. The summed E-state index contributed by atoms with van der Waals surface area (Å²) in [5, 5.41) is 14.1. The summed E-state index contributed by atoms with van der Waals surface area (Å²) in [6.07, 6.45) is 2.49. The monoisotopic (exact) mass is 495 g/mol. The van der Waals surface area contributed by atoms with Crippen LogP contribution in [0.15, 0.2) is 36.4 Å². The van der Waals surface area contributed by atoms with Crippen molar-refractivity contribution in [1.29, 1.82) is 0 Å². The van der Waals surface area contributed by atoms with Gasteiger partial charge in [-0.1, -0.05) is 31.8 Å². The zero-order valence-corrected chi connectivity index (χ0v) is 22.3. The fourth-order valence-corrected chi connectivity index (χ4v) is 5.76. The second-order valence-electron chi connectivity index (χ2n) is 10.9. The molecule has 5 rings (SSSR count). The molecule has 0 aliphatic carbocycles. The summed E-state index contributed by atoms with van der Waals surface area (Å²) in [7, 11) is 0.467. The lowest BCUT2D eigenvalue weighted by atomic mass is 10.1. The van der Waals surface area contributed by atoms with Gasteiger partial charge in [-0.05, 0) is 43.2 Å². The number of aromatic nitrogens is 3. The van der Waals surface area contributed by atoms with Gasteiger partial charge in [0.1, 0.15) is 18.3 Å². The van der Waals surface area contributed by atoms with Crippen molar-refractivity contribution >= 4 is 24.9 Å². The van der Waals surface area contributed by atoms with Gasteiger partial charge in [0, 0.05) is 57.9 Å². The second kappa shape index (κ2) is 10.3. The molecule has 2 unspecified atom stereocenters. The van der Waals surface area contributed by atoms with Crippen molar-refractivity contribution in [3.8, 4) is 17.0 Å². The number of nitrogens with zero attached hydrogens (tertiary/aromatic N) is 4. The first-order valence-corrected chi connectivity index (χ1v) is 16.3. The predicted octanol–water partition coefficient (Wildman–Crippen LogP) is 4.33. The minimum atomic E-state index is -1.15. The average molecular weight is 496 g/mol. The van der Waals surface area contributed by atoms with Crippen LogP contribution in [0.2, 0.25) is 25.7 Å². The molecule has 2 atom stereocenters. The molecule has 0 radical (unpaired) electrons. The summed E-state index contributed by atoms with van der Waals surface area (Å²) >= 11 is 0. The molecule has 0 saturated carbocycles. The van der Waals surface area contributed by atoms with Crippen LogP contribution < -0.4 is 15.0 Å². The third kappa shape index (κ3) is 5.53. The van der Waals surface area contributed by atoms with Crippen molar-refractivity contribution in [3.05, 3.63) is 36.4 Å². The number of piperazine rings is 1. The van der Waals surface area contributed by atoms with Gasteiger partial charge in [-0.15, -0.1) is 10.2 Å². The smallest absolute Gasteiger partial charge is 0.188 e. The molecule has 35 heavy (non-hydrogen) atoms. The van der Waals surface area contributed by atoms with E-state index in [-0.39, 0.29) is 6.79 Å². The van der Waals surface area contributed by atoms with Crippen LogP contribution in [0.4, 0.5) is 5.82 Å². The number of anilines is 1. The van der Waals surface area contributed by atoms with Crippen molar-refractivity contribution in [3.63, 3.8) is 0 Å². The van der Waals surface area contributed by atoms with Gasteiger partial charge in [0.15, 0.2) is 12.4 Å². The van der Waals surface area contributed by atoms with Crippen LogP contribution in [0.5, 0.6) is 5.75 Å². The first-order chi connectivity index (χ1) is 16.9. The Hall–Kier alpha value is -2.46. The van der Waals surface area contributed by atoms with Crippen LogP contribution in [0.3, 0.4) is 0 Å². The normalized spacial score (nSPS) is 20.1. The van der Waals surface area contributed by atoms with E-state index < -0.39 is 8.07 Å². The van der Waals surface area contributed by atoms with E-state index in [1.54, 1.807) is 7.11 Å². The molecule has 0 spiro atoms. The quantitative estimate of drug-likeness (QED) is 0.255. The molecule has 3 aromatic rings. The number of fused-ring (bicyclic) bond motifs is 3. The van der Waals surface area contributed by atoms with Crippen molar-refractivity contribution in [2.24, 2.45) is 0 Å². The van der Waals surface area contributed by atoms with Gasteiger partial charge in [-0.3, -0.25) is 4.57 Å². The van der Waals surface area contributed by atoms with Crippen molar-refractivity contribution in [1.82, 2.24) is 20.1 Å². The summed E-state index contributed by atoms with van der Waals surface area (Å²) in [6, 6.07) is 14.5.